The number of benzene rings is 2. The number of anilines is 1. The second-order valence-electron chi connectivity index (χ2n) is 7.23. The smallest absolute Gasteiger partial charge is 0.269 e. The number of carbonyl (C=O) groups excluding carboxylic acids is 1. The number of hydrogen-bond acceptors (Lipinski definition) is 5. The van der Waals surface area contributed by atoms with Crippen LogP contribution in [0.15, 0.2) is 54.6 Å². The van der Waals surface area contributed by atoms with Crippen molar-refractivity contribution in [2.24, 2.45) is 5.92 Å². The predicted octanol–water partition coefficient (Wildman–Crippen LogP) is 4.40. The molecule has 0 atom stereocenters. The molecule has 1 N–H and O–H groups in total. The highest BCUT2D eigenvalue weighted by molar-refractivity contribution is 6.08. The van der Waals surface area contributed by atoms with E-state index in [0.717, 1.165) is 16.3 Å². The number of nitro groups is 1. The van der Waals surface area contributed by atoms with E-state index in [1.807, 2.05) is 30.3 Å². The molecule has 0 radical (unpaired) electrons. The van der Waals surface area contributed by atoms with Gasteiger partial charge in [-0.2, -0.15) is 5.10 Å². The second kappa shape index (κ2) is 7.31. The van der Waals surface area contributed by atoms with Crippen molar-refractivity contribution in [1.29, 1.82) is 0 Å². The lowest BCUT2D eigenvalue weighted by Crippen LogP contribution is -2.13. The Hall–Kier alpha value is -3.81. The maximum atomic E-state index is 12.7. The first-order valence-corrected chi connectivity index (χ1v) is 9.24. The fraction of sp³-hybridized carbons (Fsp3) is 0.190. The lowest BCUT2D eigenvalue weighted by atomic mass is 10.1. The number of fused-ring (bicyclic) bond motifs is 2. The molecule has 0 spiro atoms. The van der Waals surface area contributed by atoms with Gasteiger partial charge in [-0.15, -0.1) is 0 Å². The third kappa shape index (κ3) is 3.64. The molecule has 0 bridgehead atoms. The van der Waals surface area contributed by atoms with Gasteiger partial charge in [0.15, 0.2) is 11.5 Å². The van der Waals surface area contributed by atoms with Gasteiger partial charge in [0.05, 0.1) is 15.8 Å². The van der Waals surface area contributed by atoms with E-state index in [1.165, 1.54) is 24.3 Å². The first-order chi connectivity index (χ1) is 13.9. The predicted molar refractivity (Wildman–Crippen MR) is 111 cm³/mol. The maximum absolute atomic E-state index is 12.7. The summed E-state index contributed by atoms with van der Waals surface area (Å²) in [5.41, 5.74) is 1.81. The second-order valence-corrected chi connectivity index (χ2v) is 7.23. The van der Waals surface area contributed by atoms with Gasteiger partial charge in [-0.05, 0) is 30.2 Å². The summed E-state index contributed by atoms with van der Waals surface area (Å²) in [6, 6.07) is 15.2. The number of pyridine rings is 1. The van der Waals surface area contributed by atoms with Crippen molar-refractivity contribution in [2.45, 2.75) is 20.4 Å². The first kappa shape index (κ1) is 18.5. The first-order valence-electron chi connectivity index (χ1n) is 9.24. The highest BCUT2D eigenvalue weighted by Crippen LogP contribution is 2.27. The Balaban J connectivity index is 1.74. The van der Waals surface area contributed by atoms with E-state index < -0.39 is 4.92 Å². The van der Waals surface area contributed by atoms with Gasteiger partial charge < -0.3 is 5.32 Å². The molecule has 8 heteroatoms. The summed E-state index contributed by atoms with van der Waals surface area (Å²) in [4.78, 5) is 27.7. The number of non-ortho nitro benzene ring substituents is 1. The Morgan fingerprint density at radius 1 is 1.17 bits per heavy atom. The van der Waals surface area contributed by atoms with Crippen molar-refractivity contribution in [3.05, 3.63) is 70.3 Å². The monoisotopic (exact) mass is 389 g/mol. The van der Waals surface area contributed by atoms with Gasteiger partial charge in [-0.1, -0.05) is 32.0 Å². The Morgan fingerprint density at radius 2 is 1.90 bits per heavy atom. The zero-order valence-corrected chi connectivity index (χ0v) is 16.0. The van der Waals surface area contributed by atoms with Crippen LogP contribution in [0.25, 0.3) is 21.9 Å². The summed E-state index contributed by atoms with van der Waals surface area (Å²) in [5.74, 6) is 0.385. The van der Waals surface area contributed by atoms with Crippen LogP contribution < -0.4 is 5.32 Å². The van der Waals surface area contributed by atoms with Gasteiger partial charge in [0.25, 0.3) is 11.6 Å². The van der Waals surface area contributed by atoms with Gasteiger partial charge in [-0.3, -0.25) is 14.9 Å². The number of nitro benzene ring substituents is 1. The van der Waals surface area contributed by atoms with Crippen LogP contribution in [-0.4, -0.2) is 25.6 Å². The molecule has 4 aromatic rings. The molecular formula is C21H19N5O3. The van der Waals surface area contributed by atoms with Crippen molar-refractivity contribution < 1.29 is 9.72 Å². The Kier molecular flexibility index (Phi) is 4.67. The highest BCUT2D eigenvalue weighted by atomic mass is 16.6. The van der Waals surface area contributed by atoms with Crippen LogP contribution in [0.5, 0.6) is 0 Å². The van der Waals surface area contributed by atoms with E-state index in [0.29, 0.717) is 29.5 Å². The van der Waals surface area contributed by atoms with Crippen molar-refractivity contribution in [2.75, 3.05) is 5.32 Å². The van der Waals surface area contributed by atoms with Crippen molar-refractivity contribution in [3.8, 4) is 0 Å². The Morgan fingerprint density at radius 3 is 2.59 bits per heavy atom. The minimum Gasteiger partial charge on any atom is -0.305 e. The van der Waals surface area contributed by atoms with E-state index in [-0.39, 0.29) is 11.6 Å². The van der Waals surface area contributed by atoms with E-state index in [4.69, 9.17) is 4.98 Å². The number of nitrogens with zero attached hydrogens (tertiary/aromatic N) is 4. The number of aromatic nitrogens is 3. The van der Waals surface area contributed by atoms with Crippen LogP contribution >= 0.6 is 0 Å². The molecule has 2 aromatic carbocycles. The molecule has 1 amide bonds. The largest absolute Gasteiger partial charge is 0.305 e. The normalized spacial score (nSPS) is 11.3. The lowest BCUT2D eigenvalue weighted by Gasteiger charge is -2.06. The minimum absolute atomic E-state index is 0.0659. The average molecular weight is 389 g/mol. The summed E-state index contributed by atoms with van der Waals surface area (Å²) in [7, 11) is 0. The van der Waals surface area contributed by atoms with Crippen molar-refractivity contribution in [1.82, 2.24) is 14.8 Å². The van der Waals surface area contributed by atoms with Crippen LogP contribution in [0.2, 0.25) is 0 Å². The number of para-hydroxylation sites is 1. The van der Waals surface area contributed by atoms with Crippen LogP contribution in [0.3, 0.4) is 0 Å². The molecule has 0 unspecified atom stereocenters. The van der Waals surface area contributed by atoms with E-state index in [9.17, 15) is 14.9 Å². The van der Waals surface area contributed by atoms with E-state index in [1.54, 1.807) is 4.68 Å². The lowest BCUT2D eigenvalue weighted by molar-refractivity contribution is -0.384. The average Bonchev–Trinajstić information content (AvgIpc) is 3.02. The van der Waals surface area contributed by atoms with Gasteiger partial charge in [0, 0.05) is 29.6 Å². The summed E-state index contributed by atoms with van der Waals surface area (Å²) >= 11 is 0. The molecule has 8 nitrogen and oxygen atoms in total. The summed E-state index contributed by atoms with van der Waals surface area (Å²) in [6.07, 6.45) is 0. The number of rotatable bonds is 5. The molecular weight excluding hydrogens is 370 g/mol. The van der Waals surface area contributed by atoms with Crippen LogP contribution in [0, 0.1) is 16.0 Å². The Labute approximate surface area is 166 Å². The molecule has 0 fully saturated rings. The van der Waals surface area contributed by atoms with E-state index >= 15 is 0 Å². The zero-order valence-electron chi connectivity index (χ0n) is 16.0. The SMILES string of the molecule is CC(C)Cn1nc(NC(=O)c2ccc([N+](=O)[O-])cc2)c2cc3ccccc3nc21. The molecule has 146 valence electrons. The van der Waals surface area contributed by atoms with Gasteiger partial charge >= 0.3 is 0 Å². The molecule has 29 heavy (non-hydrogen) atoms. The molecule has 0 aliphatic carbocycles. The molecule has 4 rings (SSSR count). The van der Waals surface area contributed by atoms with Crippen LogP contribution in [-0.2, 0) is 6.54 Å². The Bertz CT molecular complexity index is 1230. The zero-order chi connectivity index (χ0) is 20.5. The highest BCUT2D eigenvalue weighted by Gasteiger charge is 2.17. The standard InChI is InChI=1S/C21H19N5O3/c1-13(2)12-25-20-17(11-15-5-3-4-6-18(15)22-20)19(24-25)23-21(27)14-7-9-16(10-8-14)26(28)29/h3-11,13H,12H2,1-2H3,(H,23,24,27). The van der Waals surface area contributed by atoms with E-state index in [2.05, 4.69) is 24.3 Å². The number of hydrogen-bond donors (Lipinski definition) is 1. The molecule has 0 aliphatic rings. The fourth-order valence-corrected chi connectivity index (χ4v) is 3.18. The van der Waals surface area contributed by atoms with Crippen LogP contribution in [0.1, 0.15) is 24.2 Å². The van der Waals surface area contributed by atoms with Crippen LogP contribution in [0.4, 0.5) is 11.5 Å². The molecule has 0 saturated heterocycles. The number of carbonyl (C=O) groups is 1. The number of amides is 1. The number of nitrogens with one attached hydrogen (secondary N) is 1. The fourth-order valence-electron chi connectivity index (χ4n) is 3.18. The molecule has 2 aromatic heterocycles. The van der Waals surface area contributed by atoms with Gasteiger partial charge in [-0.25, -0.2) is 9.67 Å². The van der Waals surface area contributed by atoms with Gasteiger partial charge in [0.1, 0.15) is 0 Å². The van der Waals surface area contributed by atoms with Crippen molar-refractivity contribution >= 4 is 39.3 Å². The molecule has 2 heterocycles. The quantitative estimate of drug-likeness (QED) is 0.402. The maximum Gasteiger partial charge on any atom is 0.269 e. The van der Waals surface area contributed by atoms with Gasteiger partial charge in [0.2, 0.25) is 0 Å². The minimum atomic E-state index is -0.500. The molecule has 0 saturated carbocycles. The summed E-state index contributed by atoms with van der Waals surface area (Å²) < 4.78 is 1.80. The third-order valence-electron chi connectivity index (χ3n) is 4.53. The summed E-state index contributed by atoms with van der Waals surface area (Å²) in [5, 5.41) is 19.9. The third-order valence-corrected chi connectivity index (χ3v) is 4.53. The molecule has 0 aliphatic heterocycles. The topological polar surface area (TPSA) is 103 Å². The van der Waals surface area contributed by atoms with Crippen molar-refractivity contribution in [3.63, 3.8) is 0 Å². The summed E-state index contributed by atoms with van der Waals surface area (Å²) in [6.45, 7) is 4.84.